The highest BCUT2D eigenvalue weighted by atomic mass is 16.5. The molecule has 0 spiro atoms. The van der Waals surface area contributed by atoms with Gasteiger partial charge < -0.3 is 9.47 Å². The average Bonchev–Trinajstić information content (AvgIpc) is 2.35. The number of hydrogen-bond acceptors (Lipinski definition) is 4. The van der Waals surface area contributed by atoms with Crippen LogP contribution in [-0.2, 0) is 11.2 Å². The molecule has 0 aliphatic carbocycles. The van der Waals surface area contributed by atoms with Crippen LogP contribution in [0.25, 0.3) is 0 Å². The van der Waals surface area contributed by atoms with Crippen LogP contribution in [0.1, 0.15) is 12.0 Å². The summed E-state index contributed by atoms with van der Waals surface area (Å²) in [7, 11) is 3.35. The highest BCUT2D eigenvalue weighted by molar-refractivity contribution is 5.27. The van der Waals surface area contributed by atoms with Crippen LogP contribution in [0.4, 0.5) is 0 Å². The third kappa shape index (κ3) is 4.18. The largest absolute Gasteiger partial charge is 0.497 e. The lowest BCUT2D eigenvalue weighted by atomic mass is 10.1. The second-order valence-corrected chi connectivity index (χ2v) is 3.71. The molecule has 16 heavy (non-hydrogen) atoms. The Kier molecular flexibility index (Phi) is 5.85. The van der Waals surface area contributed by atoms with Crippen LogP contribution in [0.5, 0.6) is 5.75 Å². The zero-order chi connectivity index (χ0) is 11.8. The SMILES string of the molecule is COCC(CCc1ccc(OC)cc1)NN. The predicted octanol–water partition coefficient (Wildman–Crippen LogP) is 1.11. The lowest BCUT2D eigenvalue weighted by Crippen LogP contribution is -2.38. The number of methoxy groups -OCH3 is 2. The number of nitrogens with two attached hydrogens (primary N) is 1. The van der Waals surface area contributed by atoms with Gasteiger partial charge in [0, 0.05) is 13.2 Å². The smallest absolute Gasteiger partial charge is 0.118 e. The van der Waals surface area contributed by atoms with Gasteiger partial charge in [0.15, 0.2) is 0 Å². The Balaban J connectivity index is 2.40. The molecule has 0 fully saturated rings. The number of benzene rings is 1. The molecule has 0 aromatic heterocycles. The van der Waals surface area contributed by atoms with Crippen molar-refractivity contribution in [2.75, 3.05) is 20.8 Å². The first-order chi connectivity index (χ1) is 7.80. The topological polar surface area (TPSA) is 56.5 Å². The van der Waals surface area contributed by atoms with E-state index in [2.05, 4.69) is 17.6 Å². The molecule has 0 saturated carbocycles. The van der Waals surface area contributed by atoms with Gasteiger partial charge in [-0.25, -0.2) is 0 Å². The first-order valence-corrected chi connectivity index (χ1v) is 5.38. The van der Waals surface area contributed by atoms with Crippen LogP contribution >= 0.6 is 0 Å². The van der Waals surface area contributed by atoms with E-state index in [1.165, 1.54) is 5.56 Å². The molecular formula is C12H20N2O2. The maximum atomic E-state index is 5.42. The molecule has 4 nitrogen and oxygen atoms in total. The fourth-order valence-electron chi connectivity index (χ4n) is 1.55. The summed E-state index contributed by atoms with van der Waals surface area (Å²) in [5.74, 6) is 6.30. The Hall–Kier alpha value is -1.10. The molecule has 0 aliphatic rings. The number of nitrogens with one attached hydrogen (secondary N) is 1. The average molecular weight is 224 g/mol. The van der Waals surface area contributed by atoms with Crippen molar-refractivity contribution in [2.24, 2.45) is 5.84 Å². The molecule has 1 rings (SSSR count). The van der Waals surface area contributed by atoms with Gasteiger partial charge in [-0.05, 0) is 30.5 Å². The highest BCUT2D eigenvalue weighted by Gasteiger charge is 2.05. The molecule has 1 atom stereocenters. The second-order valence-electron chi connectivity index (χ2n) is 3.71. The number of hydrazine groups is 1. The van der Waals surface area contributed by atoms with Gasteiger partial charge in [-0.2, -0.15) is 0 Å². The summed E-state index contributed by atoms with van der Waals surface area (Å²) in [6, 6.07) is 8.28. The van der Waals surface area contributed by atoms with E-state index in [1.54, 1.807) is 14.2 Å². The minimum atomic E-state index is 0.201. The zero-order valence-corrected chi connectivity index (χ0v) is 9.90. The maximum absolute atomic E-state index is 5.42. The van der Waals surface area contributed by atoms with E-state index >= 15 is 0 Å². The van der Waals surface area contributed by atoms with Gasteiger partial charge in [0.25, 0.3) is 0 Å². The minimum absolute atomic E-state index is 0.201. The summed E-state index contributed by atoms with van der Waals surface area (Å²) < 4.78 is 10.2. The van der Waals surface area contributed by atoms with Crippen LogP contribution in [0.2, 0.25) is 0 Å². The van der Waals surface area contributed by atoms with Gasteiger partial charge in [-0.1, -0.05) is 12.1 Å². The van der Waals surface area contributed by atoms with Crippen molar-refractivity contribution in [1.82, 2.24) is 5.43 Å². The summed E-state index contributed by atoms with van der Waals surface area (Å²) >= 11 is 0. The van der Waals surface area contributed by atoms with E-state index in [-0.39, 0.29) is 6.04 Å². The molecule has 0 bridgehead atoms. The molecule has 1 aromatic rings. The van der Waals surface area contributed by atoms with Crippen LogP contribution < -0.4 is 16.0 Å². The fraction of sp³-hybridized carbons (Fsp3) is 0.500. The first kappa shape index (κ1) is 13.0. The van der Waals surface area contributed by atoms with Crippen molar-refractivity contribution in [2.45, 2.75) is 18.9 Å². The normalized spacial score (nSPS) is 12.4. The van der Waals surface area contributed by atoms with Crippen molar-refractivity contribution < 1.29 is 9.47 Å². The Labute approximate surface area is 96.7 Å². The van der Waals surface area contributed by atoms with Crippen molar-refractivity contribution >= 4 is 0 Å². The third-order valence-electron chi connectivity index (χ3n) is 2.54. The van der Waals surface area contributed by atoms with Gasteiger partial charge >= 0.3 is 0 Å². The maximum Gasteiger partial charge on any atom is 0.118 e. The quantitative estimate of drug-likeness (QED) is 0.538. The zero-order valence-electron chi connectivity index (χ0n) is 9.90. The van der Waals surface area contributed by atoms with Gasteiger partial charge in [-0.15, -0.1) is 0 Å². The molecule has 0 heterocycles. The standard InChI is InChI=1S/C12H20N2O2/c1-15-9-11(14-13)6-3-10-4-7-12(16-2)8-5-10/h4-5,7-8,11,14H,3,6,9,13H2,1-2H3. The van der Waals surface area contributed by atoms with Crippen LogP contribution in [0.3, 0.4) is 0 Å². The second kappa shape index (κ2) is 7.22. The third-order valence-corrected chi connectivity index (χ3v) is 2.54. The van der Waals surface area contributed by atoms with E-state index in [0.717, 1.165) is 18.6 Å². The van der Waals surface area contributed by atoms with Crippen molar-refractivity contribution in [3.8, 4) is 5.75 Å². The van der Waals surface area contributed by atoms with Gasteiger partial charge in [0.1, 0.15) is 5.75 Å². The molecule has 0 aliphatic heterocycles. The van der Waals surface area contributed by atoms with Gasteiger partial charge in [0.05, 0.1) is 13.7 Å². The Morgan fingerprint density at radius 1 is 1.25 bits per heavy atom. The lowest BCUT2D eigenvalue weighted by Gasteiger charge is -2.14. The van der Waals surface area contributed by atoms with Gasteiger partial charge in [0.2, 0.25) is 0 Å². The molecule has 0 saturated heterocycles. The summed E-state index contributed by atoms with van der Waals surface area (Å²) in [4.78, 5) is 0. The van der Waals surface area contributed by atoms with Crippen molar-refractivity contribution in [3.63, 3.8) is 0 Å². The number of ether oxygens (including phenoxy) is 2. The highest BCUT2D eigenvalue weighted by Crippen LogP contribution is 2.13. The van der Waals surface area contributed by atoms with E-state index in [0.29, 0.717) is 6.61 Å². The minimum Gasteiger partial charge on any atom is -0.497 e. The predicted molar refractivity (Wildman–Crippen MR) is 64.3 cm³/mol. The molecule has 1 aromatic carbocycles. The summed E-state index contributed by atoms with van der Waals surface area (Å²) in [5, 5.41) is 0. The molecule has 0 radical (unpaired) electrons. The summed E-state index contributed by atoms with van der Waals surface area (Å²) in [6.45, 7) is 0.632. The lowest BCUT2D eigenvalue weighted by molar-refractivity contribution is 0.163. The van der Waals surface area contributed by atoms with Gasteiger partial charge in [-0.3, -0.25) is 11.3 Å². The molecular weight excluding hydrogens is 204 g/mol. The summed E-state index contributed by atoms with van der Waals surface area (Å²) in [6.07, 6.45) is 1.93. The molecule has 90 valence electrons. The van der Waals surface area contributed by atoms with E-state index in [9.17, 15) is 0 Å². The number of hydrogen-bond donors (Lipinski definition) is 2. The molecule has 0 amide bonds. The Bertz CT molecular complexity index is 288. The number of rotatable bonds is 7. The Morgan fingerprint density at radius 2 is 1.94 bits per heavy atom. The molecule has 3 N–H and O–H groups in total. The number of aryl methyl sites for hydroxylation is 1. The van der Waals surface area contributed by atoms with Crippen LogP contribution in [0, 0.1) is 0 Å². The first-order valence-electron chi connectivity index (χ1n) is 5.38. The van der Waals surface area contributed by atoms with Crippen LogP contribution in [-0.4, -0.2) is 26.9 Å². The molecule has 1 unspecified atom stereocenters. The summed E-state index contributed by atoms with van der Waals surface area (Å²) in [5.41, 5.74) is 4.02. The molecule has 4 heteroatoms. The van der Waals surface area contributed by atoms with E-state index in [4.69, 9.17) is 15.3 Å². The monoisotopic (exact) mass is 224 g/mol. The van der Waals surface area contributed by atoms with Crippen molar-refractivity contribution in [1.29, 1.82) is 0 Å². The van der Waals surface area contributed by atoms with Crippen molar-refractivity contribution in [3.05, 3.63) is 29.8 Å². The van der Waals surface area contributed by atoms with E-state index in [1.807, 2.05) is 12.1 Å². The van der Waals surface area contributed by atoms with E-state index < -0.39 is 0 Å². The fourth-order valence-corrected chi connectivity index (χ4v) is 1.55. The van der Waals surface area contributed by atoms with Crippen LogP contribution in [0.15, 0.2) is 24.3 Å². The Morgan fingerprint density at radius 3 is 2.44 bits per heavy atom.